The Labute approximate surface area is 192 Å². The molecule has 0 bridgehead atoms. The number of nitrogen functional groups attached to an aromatic ring is 1. The van der Waals surface area contributed by atoms with Gasteiger partial charge in [-0.25, -0.2) is 0 Å². The molecule has 2 aromatic rings. The highest BCUT2D eigenvalue weighted by Gasteiger charge is 2.41. The van der Waals surface area contributed by atoms with E-state index in [1.807, 2.05) is 0 Å². The first-order valence-corrected chi connectivity index (χ1v) is 9.23. The van der Waals surface area contributed by atoms with Gasteiger partial charge in [0.1, 0.15) is 17.1 Å². The van der Waals surface area contributed by atoms with Crippen LogP contribution in [0.3, 0.4) is 0 Å². The molecule has 0 aliphatic rings. The van der Waals surface area contributed by atoms with E-state index in [0.717, 1.165) is 12.1 Å². The van der Waals surface area contributed by atoms with Crippen LogP contribution in [-0.2, 0) is 12.4 Å². The highest BCUT2D eigenvalue weighted by atomic mass is 79.9. The lowest BCUT2D eigenvalue weighted by Crippen LogP contribution is -2.20. The molecule has 2 rings (SSSR count). The zero-order valence-electron chi connectivity index (χ0n) is 15.1. The summed E-state index contributed by atoms with van der Waals surface area (Å²) in [4.78, 5) is 0. The lowest BCUT2D eigenvalue weighted by atomic mass is 10.1. The quantitative estimate of drug-likeness (QED) is 0.268. The van der Waals surface area contributed by atoms with E-state index in [4.69, 9.17) is 5.73 Å². The van der Waals surface area contributed by atoms with Crippen molar-refractivity contribution in [2.75, 3.05) is 5.73 Å². The fourth-order valence-electron chi connectivity index (χ4n) is 2.01. The molecule has 0 radical (unpaired) electrons. The predicted octanol–water partition coefficient (Wildman–Crippen LogP) is 8.32. The molecule has 0 aliphatic heterocycles. The van der Waals surface area contributed by atoms with Crippen molar-refractivity contribution in [3.63, 3.8) is 0 Å². The maximum Gasteiger partial charge on any atom is 0.573 e. The molecule has 0 amide bonds. The van der Waals surface area contributed by atoms with Crippen LogP contribution in [0, 0.1) is 0 Å². The standard InChI is InChI=1S/C8H2Br2F6O.C8H5F6NO/c9-3-1-4(10)6(7(11,12)13)5(2-3)17-8(14,15)16;9-7(10,11)5-3-4(15)1-2-6(5)16-8(12,13)14/h1-2H;1-3H,15H2. The van der Waals surface area contributed by atoms with Crippen LogP contribution in [0.4, 0.5) is 58.4 Å². The molecule has 33 heavy (non-hydrogen) atoms. The Bertz CT molecular complexity index is 968. The Morgan fingerprint density at radius 3 is 1.55 bits per heavy atom. The second kappa shape index (κ2) is 10.1. The number of rotatable bonds is 2. The summed E-state index contributed by atoms with van der Waals surface area (Å²) in [5.74, 6) is -2.64. The lowest BCUT2D eigenvalue weighted by Gasteiger charge is -2.17. The van der Waals surface area contributed by atoms with Gasteiger partial charge in [0.2, 0.25) is 0 Å². The maximum absolute atomic E-state index is 12.5. The molecule has 0 unspecified atom stereocenters. The first-order chi connectivity index (χ1) is 14.6. The number of ether oxygens (including phenoxy) is 2. The van der Waals surface area contributed by atoms with Gasteiger partial charge in [0.15, 0.2) is 0 Å². The van der Waals surface area contributed by atoms with Crippen molar-refractivity contribution in [1.82, 2.24) is 0 Å². The van der Waals surface area contributed by atoms with Crippen molar-refractivity contribution in [1.29, 1.82) is 0 Å². The normalized spacial score (nSPS) is 12.7. The largest absolute Gasteiger partial charge is 0.573 e. The highest BCUT2D eigenvalue weighted by Crippen LogP contribution is 2.44. The van der Waals surface area contributed by atoms with Crippen LogP contribution in [0.15, 0.2) is 39.3 Å². The Morgan fingerprint density at radius 2 is 1.12 bits per heavy atom. The van der Waals surface area contributed by atoms with E-state index >= 15 is 0 Å². The van der Waals surface area contributed by atoms with Crippen LogP contribution in [0.25, 0.3) is 0 Å². The summed E-state index contributed by atoms with van der Waals surface area (Å²) in [6.07, 6.45) is -20.3. The van der Waals surface area contributed by atoms with Gasteiger partial charge in [-0.1, -0.05) is 15.9 Å². The first kappa shape index (κ1) is 29.0. The summed E-state index contributed by atoms with van der Waals surface area (Å²) in [5.41, 5.74) is 1.67. The van der Waals surface area contributed by atoms with Gasteiger partial charge in [0, 0.05) is 14.6 Å². The summed E-state index contributed by atoms with van der Waals surface area (Å²) in [5, 5.41) is 0. The van der Waals surface area contributed by atoms with Gasteiger partial charge < -0.3 is 15.2 Å². The van der Waals surface area contributed by atoms with Gasteiger partial charge in [0.25, 0.3) is 0 Å². The molecule has 3 nitrogen and oxygen atoms in total. The molecule has 17 heteroatoms. The van der Waals surface area contributed by atoms with Crippen LogP contribution in [0.2, 0.25) is 0 Å². The highest BCUT2D eigenvalue weighted by molar-refractivity contribution is 9.11. The fraction of sp³-hybridized carbons (Fsp3) is 0.250. The number of nitrogens with two attached hydrogens (primary N) is 1. The van der Waals surface area contributed by atoms with Gasteiger partial charge in [-0.05, 0) is 46.3 Å². The average molecular weight is 633 g/mol. The molecular formula is C16H7Br2F12NO2. The summed E-state index contributed by atoms with van der Waals surface area (Å²) in [7, 11) is 0. The van der Waals surface area contributed by atoms with Gasteiger partial charge >= 0.3 is 25.1 Å². The van der Waals surface area contributed by atoms with E-state index in [2.05, 4.69) is 41.3 Å². The first-order valence-electron chi connectivity index (χ1n) is 7.64. The molecule has 2 aromatic carbocycles. The van der Waals surface area contributed by atoms with E-state index in [1.54, 1.807) is 0 Å². The monoisotopic (exact) mass is 631 g/mol. The number of hydrogen-bond donors (Lipinski definition) is 1. The Kier molecular flexibility index (Phi) is 8.84. The number of halogens is 14. The molecule has 0 aliphatic carbocycles. The molecule has 0 heterocycles. The molecule has 186 valence electrons. The van der Waals surface area contributed by atoms with Crippen LogP contribution in [-0.4, -0.2) is 12.7 Å². The van der Waals surface area contributed by atoms with E-state index in [-0.39, 0.29) is 10.2 Å². The molecule has 0 saturated heterocycles. The van der Waals surface area contributed by atoms with E-state index in [1.165, 1.54) is 0 Å². The molecular weight excluding hydrogens is 626 g/mol. The van der Waals surface area contributed by atoms with E-state index in [0.29, 0.717) is 18.2 Å². The third kappa shape index (κ3) is 9.77. The summed E-state index contributed by atoms with van der Waals surface area (Å²) in [6.45, 7) is 0. The van der Waals surface area contributed by atoms with Crippen molar-refractivity contribution in [3.05, 3.63) is 50.4 Å². The minimum atomic E-state index is -5.19. The van der Waals surface area contributed by atoms with Gasteiger partial charge in [0.05, 0.1) is 5.56 Å². The molecule has 0 atom stereocenters. The molecule has 0 saturated carbocycles. The van der Waals surface area contributed by atoms with Gasteiger partial charge in [-0.2, -0.15) is 26.3 Å². The van der Waals surface area contributed by atoms with Crippen molar-refractivity contribution >= 4 is 37.5 Å². The Hall–Kier alpha value is -2.04. The third-order valence-electron chi connectivity index (χ3n) is 3.06. The molecule has 0 aromatic heterocycles. The van der Waals surface area contributed by atoms with Crippen molar-refractivity contribution < 1.29 is 62.2 Å². The Balaban J connectivity index is 0.000000331. The van der Waals surface area contributed by atoms with Crippen LogP contribution < -0.4 is 15.2 Å². The van der Waals surface area contributed by atoms with Gasteiger partial charge in [-0.15, -0.1) is 26.3 Å². The maximum atomic E-state index is 12.5. The molecule has 0 spiro atoms. The number of alkyl halides is 12. The second-order valence-electron chi connectivity index (χ2n) is 5.61. The summed E-state index contributed by atoms with van der Waals surface area (Å²) >= 11 is 5.32. The smallest absolute Gasteiger partial charge is 0.405 e. The predicted molar refractivity (Wildman–Crippen MR) is 96.1 cm³/mol. The topological polar surface area (TPSA) is 44.5 Å². The summed E-state index contributed by atoms with van der Waals surface area (Å²) in [6, 6.07) is 3.36. The minimum Gasteiger partial charge on any atom is -0.405 e. The molecule has 2 N–H and O–H groups in total. The molecule has 0 fully saturated rings. The number of benzene rings is 2. The second-order valence-corrected chi connectivity index (χ2v) is 7.38. The van der Waals surface area contributed by atoms with Crippen molar-refractivity contribution in [3.8, 4) is 11.5 Å². The van der Waals surface area contributed by atoms with Crippen LogP contribution >= 0.6 is 31.9 Å². The third-order valence-corrected chi connectivity index (χ3v) is 4.15. The van der Waals surface area contributed by atoms with Crippen LogP contribution in [0.1, 0.15) is 11.1 Å². The van der Waals surface area contributed by atoms with Crippen molar-refractivity contribution in [2.45, 2.75) is 25.1 Å². The summed E-state index contributed by atoms with van der Waals surface area (Å²) < 4.78 is 152. The van der Waals surface area contributed by atoms with Gasteiger partial charge in [-0.3, -0.25) is 0 Å². The Morgan fingerprint density at radius 1 is 0.636 bits per heavy atom. The SMILES string of the molecule is FC(F)(F)Oc1cc(Br)cc(Br)c1C(F)(F)F.Nc1ccc(OC(F)(F)F)c(C(F)(F)F)c1. The van der Waals surface area contributed by atoms with E-state index in [9.17, 15) is 52.7 Å². The number of hydrogen-bond acceptors (Lipinski definition) is 3. The number of anilines is 1. The van der Waals surface area contributed by atoms with E-state index < -0.39 is 52.2 Å². The van der Waals surface area contributed by atoms with Crippen molar-refractivity contribution in [2.24, 2.45) is 0 Å². The zero-order chi connectivity index (χ0) is 26.0. The van der Waals surface area contributed by atoms with Crippen LogP contribution in [0.5, 0.6) is 11.5 Å². The lowest BCUT2D eigenvalue weighted by molar-refractivity contribution is -0.277. The fourth-order valence-corrected chi connectivity index (χ4v) is 3.42. The average Bonchev–Trinajstić information content (AvgIpc) is 2.51. The zero-order valence-corrected chi connectivity index (χ0v) is 18.2. The minimum absolute atomic E-state index is 0.0247.